The van der Waals surface area contributed by atoms with E-state index in [1.807, 2.05) is 12.1 Å². The molecule has 0 aliphatic heterocycles. The highest BCUT2D eigenvalue weighted by Gasteiger charge is 2.17. The second kappa shape index (κ2) is 10.4. The Hall–Kier alpha value is -5.92. The fraction of sp³-hybridized carbons (Fsp3) is 0. The van der Waals surface area contributed by atoms with Gasteiger partial charge in [0.1, 0.15) is 11.2 Å². The first-order valence-electron chi connectivity index (χ1n) is 15.4. The number of fused-ring (bicyclic) bond motifs is 5. The van der Waals surface area contributed by atoms with E-state index in [4.69, 9.17) is 4.42 Å². The second-order valence-electron chi connectivity index (χ2n) is 11.7. The van der Waals surface area contributed by atoms with Gasteiger partial charge in [0.05, 0.1) is 0 Å². The molecule has 0 amide bonds. The van der Waals surface area contributed by atoms with Gasteiger partial charge < -0.3 is 4.42 Å². The van der Waals surface area contributed by atoms with E-state index >= 15 is 0 Å². The van der Waals surface area contributed by atoms with E-state index in [9.17, 15) is 0 Å². The van der Waals surface area contributed by atoms with E-state index in [0.717, 1.165) is 27.5 Å². The minimum atomic E-state index is 0.914. The zero-order valence-corrected chi connectivity index (χ0v) is 24.6. The van der Waals surface area contributed by atoms with Gasteiger partial charge in [0, 0.05) is 10.8 Å². The molecule has 9 aromatic rings. The van der Waals surface area contributed by atoms with Gasteiger partial charge in [0.15, 0.2) is 0 Å². The average Bonchev–Trinajstić information content (AvgIpc) is 3.49. The first-order chi connectivity index (χ1) is 22.3. The summed E-state index contributed by atoms with van der Waals surface area (Å²) in [5.41, 5.74) is 11.6. The summed E-state index contributed by atoms with van der Waals surface area (Å²) in [6.45, 7) is 0. The molecule has 0 saturated carbocycles. The van der Waals surface area contributed by atoms with Crippen molar-refractivity contribution >= 4 is 43.5 Å². The number of hydrogen-bond donors (Lipinski definition) is 0. The topological polar surface area (TPSA) is 13.1 Å². The molecule has 9 rings (SSSR count). The van der Waals surface area contributed by atoms with Crippen LogP contribution in [0, 0.1) is 0 Å². The highest BCUT2D eigenvalue weighted by molar-refractivity contribution is 6.21. The summed E-state index contributed by atoms with van der Waals surface area (Å²) in [6, 6.07) is 61.0. The van der Waals surface area contributed by atoms with Crippen LogP contribution in [-0.4, -0.2) is 0 Å². The van der Waals surface area contributed by atoms with Crippen LogP contribution in [0.15, 0.2) is 174 Å². The first-order valence-corrected chi connectivity index (χ1v) is 15.4. The van der Waals surface area contributed by atoms with Crippen molar-refractivity contribution < 1.29 is 4.42 Å². The van der Waals surface area contributed by atoms with Crippen molar-refractivity contribution in [2.75, 3.05) is 0 Å². The number of rotatable bonds is 4. The molecular formula is C44H28O. The van der Waals surface area contributed by atoms with Gasteiger partial charge in [-0.25, -0.2) is 0 Å². The summed E-state index contributed by atoms with van der Waals surface area (Å²) in [7, 11) is 0. The largest absolute Gasteiger partial charge is 0.456 e. The molecule has 0 aliphatic carbocycles. The molecule has 1 heteroatoms. The SMILES string of the molecule is c1ccc(-c2ccc(-c3c4ccccc4c(-c4cccc(-c5ccc6c(c5)oc5ccccc56)c4)c4ccccc34)cc2)cc1. The first kappa shape index (κ1) is 25.6. The molecule has 1 heterocycles. The maximum Gasteiger partial charge on any atom is 0.136 e. The predicted octanol–water partition coefficient (Wildman–Crippen LogP) is 12.6. The lowest BCUT2D eigenvalue weighted by Gasteiger charge is -2.18. The highest BCUT2D eigenvalue weighted by Crippen LogP contribution is 2.44. The molecule has 0 atom stereocenters. The minimum Gasteiger partial charge on any atom is -0.456 e. The summed E-state index contributed by atoms with van der Waals surface area (Å²) < 4.78 is 6.23. The molecule has 1 nitrogen and oxygen atoms in total. The van der Waals surface area contributed by atoms with Gasteiger partial charge in [-0.2, -0.15) is 0 Å². The Bertz CT molecular complexity index is 2460. The Kier molecular flexibility index (Phi) is 5.89. The third-order valence-corrected chi connectivity index (χ3v) is 9.08. The zero-order chi connectivity index (χ0) is 29.7. The monoisotopic (exact) mass is 572 g/mol. The Labute approximate surface area is 261 Å². The van der Waals surface area contributed by atoms with E-state index in [-0.39, 0.29) is 0 Å². The third-order valence-electron chi connectivity index (χ3n) is 9.08. The lowest BCUT2D eigenvalue weighted by molar-refractivity contribution is 0.669. The predicted molar refractivity (Wildman–Crippen MR) is 190 cm³/mol. The van der Waals surface area contributed by atoms with Crippen LogP contribution < -0.4 is 0 Å². The summed E-state index contributed by atoms with van der Waals surface area (Å²) in [5, 5.41) is 7.32. The Balaban J connectivity index is 1.22. The van der Waals surface area contributed by atoms with Crippen LogP contribution in [0.3, 0.4) is 0 Å². The maximum absolute atomic E-state index is 6.23. The lowest BCUT2D eigenvalue weighted by atomic mass is 9.85. The summed E-state index contributed by atoms with van der Waals surface area (Å²) in [6.07, 6.45) is 0. The van der Waals surface area contributed by atoms with Crippen LogP contribution in [0.2, 0.25) is 0 Å². The smallest absolute Gasteiger partial charge is 0.136 e. The van der Waals surface area contributed by atoms with Crippen molar-refractivity contribution in [3.05, 3.63) is 170 Å². The van der Waals surface area contributed by atoms with E-state index in [2.05, 4.69) is 158 Å². The van der Waals surface area contributed by atoms with Gasteiger partial charge in [-0.1, -0.05) is 146 Å². The van der Waals surface area contributed by atoms with Gasteiger partial charge in [-0.15, -0.1) is 0 Å². The molecule has 0 aliphatic rings. The number of benzene rings is 8. The zero-order valence-electron chi connectivity index (χ0n) is 24.6. The van der Waals surface area contributed by atoms with Crippen molar-refractivity contribution in [2.45, 2.75) is 0 Å². The van der Waals surface area contributed by atoms with Gasteiger partial charge in [0.25, 0.3) is 0 Å². The maximum atomic E-state index is 6.23. The van der Waals surface area contributed by atoms with Crippen LogP contribution in [0.5, 0.6) is 0 Å². The van der Waals surface area contributed by atoms with Crippen LogP contribution in [-0.2, 0) is 0 Å². The van der Waals surface area contributed by atoms with Crippen LogP contribution in [0.25, 0.3) is 88.0 Å². The molecule has 0 fully saturated rings. The Morgan fingerprint density at radius 1 is 0.244 bits per heavy atom. The van der Waals surface area contributed by atoms with Gasteiger partial charge >= 0.3 is 0 Å². The molecule has 0 unspecified atom stereocenters. The van der Waals surface area contributed by atoms with Gasteiger partial charge in [-0.3, -0.25) is 0 Å². The molecule has 45 heavy (non-hydrogen) atoms. The number of hydrogen-bond acceptors (Lipinski definition) is 1. The molecule has 0 radical (unpaired) electrons. The van der Waals surface area contributed by atoms with E-state index in [1.165, 1.54) is 60.5 Å². The summed E-state index contributed by atoms with van der Waals surface area (Å²) >= 11 is 0. The quantitative estimate of drug-likeness (QED) is 0.191. The molecule has 0 saturated heterocycles. The standard InChI is InChI=1S/C44H28O/c1-2-11-29(12-3-1)30-21-23-31(24-22-30)43-37-16-4-6-18-39(37)44(40-19-7-5-17-38(40)43)34-14-10-13-32(27-34)33-25-26-36-35-15-8-9-20-41(35)45-42(36)28-33/h1-28H. The van der Waals surface area contributed by atoms with Crippen LogP contribution in [0.4, 0.5) is 0 Å². The number of para-hydroxylation sites is 1. The van der Waals surface area contributed by atoms with Crippen molar-refractivity contribution in [1.29, 1.82) is 0 Å². The second-order valence-corrected chi connectivity index (χ2v) is 11.7. The van der Waals surface area contributed by atoms with Crippen molar-refractivity contribution in [2.24, 2.45) is 0 Å². The molecule has 0 N–H and O–H groups in total. The van der Waals surface area contributed by atoms with Crippen LogP contribution >= 0.6 is 0 Å². The van der Waals surface area contributed by atoms with Crippen molar-refractivity contribution in [3.8, 4) is 44.5 Å². The summed E-state index contributed by atoms with van der Waals surface area (Å²) in [4.78, 5) is 0. The molecule has 8 aromatic carbocycles. The van der Waals surface area contributed by atoms with E-state index in [1.54, 1.807) is 0 Å². The Morgan fingerprint density at radius 3 is 1.38 bits per heavy atom. The highest BCUT2D eigenvalue weighted by atomic mass is 16.3. The van der Waals surface area contributed by atoms with Gasteiger partial charge in [0.2, 0.25) is 0 Å². The molecule has 0 spiro atoms. The summed E-state index contributed by atoms with van der Waals surface area (Å²) in [5.74, 6) is 0. The third kappa shape index (κ3) is 4.24. The fourth-order valence-corrected chi connectivity index (χ4v) is 6.97. The Morgan fingerprint density at radius 2 is 0.689 bits per heavy atom. The normalized spacial score (nSPS) is 11.6. The van der Waals surface area contributed by atoms with E-state index < -0.39 is 0 Å². The van der Waals surface area contributed by atoms with E-state index in [0.29, 0.717) is 0 Å². The van der Waals surface area contributed by atoms with Crippen LogP contribution in [0.1, 0.15) is 0 Å². The lowest BCUT2D eigenvalue weighted by Crippen LogP contribution is -1.91. The van der Waals surface area contributed by atoms with Crippen molar-refractivity contribution in [3.63, 3.8) is 0 Å². The van der Waals surface area contributed by atoms with Crippen molar-refractivity contribution in [1.82, 2.24) is 0 Å². The molecular weight excluding hydrogens is 544 g/mol. The molecule has 1 aromatic heterocycles. The fourth-order valence-electron chi connectivity index (χ4n) is 6.97. The number of furan rings is 1. The minimum absolute atomic E-state index is 0.914. The molecule has 0 bridgehead atoms. The average molecular weight is 573 g/mol. The molecule has 210 valence electrons. The van der Waals surface area contributed by atoms with Gasteiger partial charge in [-0.05, 0) is 90.3 Å².